The number of nitrogens with one attached hydrogen (secondary N) is 2. The van der Waals surface area contributed by atoms with E-state index < -0.39 is 0 Å². The van der Waals surface area contributed by atoms with Crippen LogP contribution in [-0.4, -0.2) is 17.6 Å². The molecule has 20 heavy (non-hydrogen) atoms. The van der Waals surface area contributed by atoms with Crippen LogP contribution in [0, 0.1) is 5.92 Å². The van der Waals surface area contributed by atoms with Crippen molar-refractivity contribution in [2.75, 3.05) is 11.9 Å². The van der Waals surface area contributed by atoms with E-state index >= 15 is 0 Å². The number of hydrogen-bond acceptors (Lipinski definition) is 4. The molecule has 3 rings (SSSR count). The second-order valence-electron chi connectivity index (χ2n) is 5.04. The zero-order valence-corrected chi connectivity index (χ0v) is 11.1. The van der Waals surface area contributed by atoms with Crippen LogP contribution in [0.25, 0.3) is 0 Å². The second-order valence-corrected chi connectivity index (χ2v) is 5.04. The number of rotatable bonds is 6. The van der Waals surface area contributed by atoms with Gasteiger partial charge in [0.2, 0.25) is 5.91 Å². The molecular formula is C15H17N3O2. The van der Waals surface area contributed by atoms with E-state index in [0.29, 0.717) is 11.7 Å². The lowest BCUT2D eigenvalue weighted by Gasteiger charge is -2.18. The van der Waals surface area contributed by atoms with Crippen molar-refractivity contribution in [1.29, 1.82) is 0 Å². The molecule has 1 atom stereocenters. The van der Waals surface area contributed by atoms with E-state index in [1.807, 2.05) is 18.2 Å². The lowest BCUT2D eigenvalue weighted by Crippen LogP contribution is -2.32. The molecule has 2 N–H and O–H groups in total. The number of nitrogens with zero attached hydrogens (tertiary/aromatic N) is 1. The summed E-state index contributed by atoms with van der Waals surface area (Å²) in [5.41, 5.74) is 1.24. The van der Waals surface area contributed by atoms with Gasteiger partial charge in [-0.05, 0) is 24.3 Å². The normalized spacial score (nSPS) is 15.8. The monoisotopic (exact) mass is 271 g/mol. The molecule has 1 aromatic heterocycles. The van der Waals surface area contributed by atoms with Gasteiger partial charge < -0.3 is 15.2 Å². The number of carbonyl (C=O) groups excluding carboxylic acids is 1. The number of amides is 1. The van der Waals surface area contributed by atoms with Crippen LogP contribution in [0.4, 0.5) is 5.82 Å². The van der Waals surface area contributed by atoms with Gasteiger partial charge >= 0.3 is 0 Å². The summed E-state index contributed by atoms with van der Waals surface area (Å²) in [5.74, 6) is 0.970. The van der Waals surface area contributed by atoms with Crippen LogP contribution in [0.2, 0.25) is 0 Å². The van der Waals surface area contributed by atoms with Gasteiger partial charge in [0.15, 0.2) is 5.82 Å². The van der Waals surface area contributed by atoms with Crippen molar-refractivity contribution in [2.45, 2.75) is 18.9 Å². The Morgan fingerprint density at radius 1 is 1.30 bits per heavy atom. The van der Waals surface area contributed by atoms with Gasteiger partial charge in [-0.1, -0.05) is 35.5 Å². The van der Waals surface area contributed by atoms with Crippen LogP contribution in [0.5, 0.6) is 0 Å². The molecule has 0 spiro atoms. The lowest BCUT2D eigenvalue weighted by atomic mass is 10.0. The van der Waals surface area contributed by atoms with Crippen LogP contribution in [0.3, 0.4) is 0 Å². The quantitative estimate of drug-likeness (QED) is 0.846. The number of benzene rings is 1. The standard InChI is InChI=1S/C15H17N3O2/c19-14(17-13-8-9-20-18-13)10-16-15(12-6-7-12)11-4-2-1-3-5-11/h1-5,8-9,12,15-16H,6-7,10H2,(H,17,18,19). The zero-order valence-electron chi connectivity index (χ0n) is 11.1. The van der Waals surface area contributed by atoms with Crippen molar-refractivity contribution in [1.82, 2.24) is 10.5 Å². The predicted molar refractivity (Wildman–Crippen MR) is 75.0 cm³/mol. The average Bonchev–Trinajstić information content (AvgIpc) is 3.18. The number of hydrogen-bond donors (Lipinski definition) is 2. The summed E-state index contributed by atoms with van der Waals surface area (Å²) in [6, 6.07) is 12.1. The number of aromatic nitrogens is 1. The Labute approximate surface area is 117 Å². The Morgan fingerprint density at radius 2 is 2.10 bits per heavy atom. The van der Waals surface area contributed by atoms with E-state index in [9.17, 15) is 4.79 Å². The topological polar surface area (TPSA) is 67.2 Å². The third kappa shape index (κ3) is 3.24. The first-order valence-corrected chi connectivity index (χ1v) is 6.81. The maximum Gasteiger partial charge on any atom is 0.239 e. The molecule has 1 heterocycles. The molecule has 5 heteroatoms. The van der Waals surface area contributed by atoms with E-state index in [1.165, 1.54) is 24.7 Å². The maximum atomic E-state index is 11.8. The average molecular weight is 271 g/mol. The summed E-state index contributed by atoms with van der Waals surface area (Å²) in [4.78, 5) is 11.8. The van der Waals surface area contributed by atoms with Crippen molar-refractivity contribution in [3.8, 4) is 0 Å². The van der Waals surface area contributed by atoms with Crippen LogP contribution >= 0.6 is 0 Å². The number of anilines is 1. The van der Waals surface area contributed by atoms with E-state index in [1.54, 1.807) is 6.07 Å². The summed E-state index contributed by atoms with van der Waals surface area (Å²) in [6.45, 7) is 0.267. The van der Waals surface area contributed by atoms with Crippen LogP contribution in [0.15, 0.2) is 47.2 Å². The van der Waals surface area contributed by atoms with Crippen molar-refractivity contribution in [3.05, 3.63) is 48.2 Å². The smallest absolute Gasteiger partial charge is 0.239 e. The van der Waals surface area contributed by atoms with Gasteiger partial charge in [0.1, 0.15) is 6.26 Å². The first-order valence-electron chi connectivity index (χ1n) is 6.81. The SMILES string of the molecule is O=C(CNC(c1ccccc1)C1CC1)Nc1ccon1. The molecule has 0 saturated heterocycles. The summed E-state index contributed by atoms with van der Waals surface area (Å²) in [6.07, 6.45) is 3.87. The highest BCUT2D eigenvalue weighted by atomic mass is 16.5. The maximum absolute atomic E-state index is 11.8. The Balaban J connectivity index is 1.56. The molecule has 0 aliphatic heterocycles. The van der Waals surface area contributed by atoms with E-state index in [0.717, 1.165) is 0 Å². The molecule has 5 nitrogen and oxygen atoms in total. The van der Waals surface area contributed by atoms with Crippen LogP contribution in [-0.2, 0) is 4.79 Å². The van der Waals surface area contributed by atoms with Gasteiger partial charge in [-0.25, -0.2) is 0 Å². The van der Waals surface area contributed by atoms with Gasteiger partial charge in [0.25, 0.3) is 0 Å². The molecule has 0 bridgehead atoms. The van der Waals surface area contributed by atoms with E-state index in [4.69, 9.17) is 0 Å². The van der Waals surface area contributed by atoms with Crippen LogP contribution in [0.1, 0.15) is 24.4 Å². The highest BCUT2D eigenvalue weighted by Crippen LogP contribution is 2.40. The third-order valence-electron chi connectivity index (χ3n) is 3.44. The number of carbonyl (C=O) groups is 1. The van der Waals surface area contributed by atoms with Crippen molar-refractivity contribution < 1.29 is 9.32 Å². The molecule has 2 aromatic rings. The molecule has 104 valence electrons. The van der Waals surface area contributed by atoms with Gasteiger partial charge in [-0.15, -0.1) is 0 Å². The Morgan fingerprint density at radius 3 is 2.75 bits per heavy atom. The van der Waals surface area contributed by atoms with Gasteiger partial charge in [0.05, 0.1) is 6.54 Å². The van der Waals surface area contributed by atoms with Gasteiger partial charge in [-0.2, -0.15) is 0 Å². The van der Waals surface area contributed by atoms with Crippen molar-refractivity contribution >= 4 is 11.7 Å². The Kier molecular flexibility index (Phi) is 3.78. The summed E-state index contributed by atoms with van der Waals surface area (Å²) in [5, 5.41) is 9.68. The van der Waals surface area contributed by atoms with Crippen LogP contribution < -0.4 is 10.6 Å². The minimum absolute atomic E-state index is 0.111. The van der Waals surface area contributed by atoms with Gasteiger partial charge in [0, 0.05) is 12.1 Å². The minimum atomic E-state index is -0.111. The molecule has 1 aliphatic rings. The lowest BCUT2D eigenvalue weighted by molar-refractivity contribution is -0.115. The molecule has 1 aromatic carbocycles. The van der Waals surface area contributed by atoms with Crippen molar-refractivity contribution in [2.24, 2.45) is 5.92 Å². The second kappa shape index (κ2) is 5.88. The molecule has 1 amide bonds. The fourth-order valence-electron chi connectivity index (χ4n) is 2.31. The largest absolute Gasteiger partial charge is 0.363 e. The molecule has 1 unspecified atom stereocenters. The summed E-state index contributed by atoms with van der Waals surface area (Å²) >= 11 is 0. The van der Waals surface area contributed by atoms with Crippen molar-refractivity contribution in [3.63, 3.8) is 0 Å². The molecule has 1 aliphatic carbocycles. The fourth-order valence-corrected chi connectivity index (χ4v) is 2.31. The predicted octanol–water partition coefficient (Wildman–Crippen LogP) is 2.35. The molecular weight excluding hydrogens is 254 g/mol. The highest BCUT2D eigenvalue weighted by Gasteiger charge is 2.32. The summed E-state index contributed by atoms with van der Waals surface area (Å²) < 4.78 is 4.67. The highest BCUT2D eigenvalue weighted by molar-refractivity contribution is 5.91. The molecule has 1 fully saturated rings. The first-order chi connectivity index (χ1) is 9.83. The van der Waals surface area contributed by atoms with E-state index in [-0.39, 0.29) is 18.5 Å². The first kappa shape index (κ1) is 12.9. The Bertz CT molecular complexity index is 550. The zero-order chi connectivity index (χ0) is 13.8. The van der Waals surface area contributed by atoms with Gasteiger partial charge in [-0.3, -0.25) is 4.79 Å². The van der Waals surface area contributed by atoms with E-state index in [2.05, 4.69) is 32.4 Å². The Hall–Kier alpha value is -2.14. The molecule has 0 radical (unpaired) electrons. The summed E-state index contributed by atoms with van der Waals surface area (Å²) in [7, 11) is 0. The third-order valence-corrected chi connectivity index (χ3v) is 3.44. The minimum Gasteiger partial charge on any atom is -0.363 e. The molecule has 1 saturated carbocycles. The fraction of sp³-hybridized carbons (Fsp3) is 0.333.